The van der Waals surface area contributed by atoms with Gasteiger partial charge in [0.2, 0.25) is 0 Å². The van der Waals surface area contributed by atoms with E-state index in [0.717, 1.165) is 32.4 Å². The summed E-state index contributed by atoms with van der Waals surface area (Å²) >= 11 is 0. The zero-order chi connectivity index (χ0) is 21.8. The SMILES string of the molecule is COC(=O)C[C@H](NC(=O)N1CCc2[nH]cnc2[C@H]1c1cc(F)ccc1F)C(=O)OC. The van der Waals surface area contributed by atoms with Gasteiger partial charge in [0, 0.05) is 24.2 Å². The molecule has 2 atom stereocenters. The van der Waals surface area contributed by atoms with Crippen molar-refractivity contribution >= 4 is 18.0 Å². The Labute approximate surface area is 170 Å². The molecule has 2 aromatic rings. The summed E-state index contributed by atoms with van der Waals surface area (Å²) < 4.78 is 37.6. The molecule has 0 spiro atoms. The van der Waals surface area contributed by atoms with Crippen molar-refractivity contribution in [2.45, 2.75) is 24.9 Å². The van der Waals surface area contributed by atoms with Gasteiger partial charge in [0.1, 0.15) is 23.7 Å². The molecule has 1 aromatic heterocycles. The van der Waals surface area contributed by atoms with Gasteiger partial charge in [0.15, 0.2) is 0 Å². The molecule has 2 N–H and O–H groups in total. The topological polar surface area (TPSA) is 114 Å². The van der Waals surface area contributed by atoms with E-state index in [1.54, 1.807) is 0 Å². The van der Waals surface area contributed by atoms with E-state index in [9.17, 15) is 23.2 Å². The minimum Gasteiger partial charge on any atom is -0.469 e. The van der Waals surface area contributed by atoms with Crippen LogP contribution < -0.4 is 5.32 Å². The number of ether oxygens (including phenoxy) is 2. The molecule has 0 aliphatic carbocycles. The van der Waals surface area contributed by atoms with Crippen LogP contribution in [0.25, 0.3) is 0 Å². The summed E-state index contributed by atoms with van der Waals surface area (Å²) in [4.78, 5) is 44.9. The van der Waals surface area contributed by atoms with Gasteiger partial charge in [-0.15, -0.1) is 0 Å². The predicted octanol–water partition coefficient (Wildman–Crippen LogP) is 1.45. The lowest BCUT2D eigenvalue weighted by molar-refractivity contribution is -0.149. The van der Waals surface area contributed by atoms with Crippen molar-refractivity contribution in [1.29, 1.82) is 0 Å². The van der Waals surface area contributed by atoms with Crippen LogP contribution in [0.3, 0.4) is 0 Å². The first-order chi connectivity index (χ1) is 14.3. The number of urea groups is 1. The number of carbonyl (C=O) groups is 3. The van der Waals surface area contributed by atoms with E-state index >= 15 is 0 Å². The highest BCUT2D eigenvalue weighted by molar-refractivity contribution is 5.87. The highest BCUT2D eigenvalue weighted by Gasteiger charge is 2.37. The summed E-state index contributed by atoms with van der Waals surface area (Å²) in [7, 11) is 2.26. The second kappa shape index (κ2) is 8.89. The van der Waals surface area contributed by atoms with Gasteiger partial charge < -0.3 is 24.7 Å². The number of rotatable bonds is 5. The van der Waals surface area contributed by atoms with Crippen LogP contribution in [0.5, 0.6) is 0 Å². The first kappa shape index (κ1) is 21.2. The lowest BCUT2D eigenvalue weighted by Gasteiger charge is -2.36. The molecule has 1 aliphatic rings. The highest BCUT2D eigenvalue weighted by atomic mass is 19.1. The Hall–Kier alpha value is -3.50. The van der Waals surface area contributed by atoms with E-state index in [0.29, 0.717) is 17.8 Å². The molecule has 30 heavy (non-hydrogen) atoms. The molecule has 9 nitrogen and oxygen atoms in total. The van der Waals surface area contributed by atoms with Crippen LogP contribution in [0.1, 0.15) is 29.4 Å². The number of fused-ring (bicyclic) bond motifs is 1. The van der Waals surface area contributed by atoms with Crippen LogP contribution in [0, 0.1) is 11.6 Å². The van der Waals surface area contributed by atoms with E-state index in [4.69, 9.17) is 0 Å². The normalized spacial score (nSPS) is 16.4. The third-order valence-corrected chi connectivity index (χ3v) is 4.82. The molecule has 11 heteroatoms. The molecule has 1 aromatic carbocycles. The third-order valence-electron chi connectivity index (χ3n) is 4.82. The Kier molecular flexibility index (Phi) is 6.28. The molecule has 0 unspecified atom stereocenters. The van der Waals surface area contributed by atoms with Gasteiger partial charge in [-0.25, -0.2) is 23.4 Å². The molecule has 0 radical (unpaired) electrons. The Bertz CT molecular complexity index is 964. The number of H-pyrrole nitrogens is 1. The van der Waals surface area contributed by atoms with Gasteiger partial charge in [-0.2, -0.15) is 0 Å². The number of esters is 2. The van der Waals surface area contributed by atoms with Crippen molar-refractivity contribution in [2.75, 3.05) is 20.8 Å². The number of benzene rings is 1. The Morgan fingerprint density at radius 3 is 2.77 bits per heavy atom. The molecule has 2 heterocycles. The molecule has 0 saturated heterocycles. The van der Waals surface area contributed by atoms with E-state index < -0.39 is 48.1 Å². The zero-order valence-electron chi connectivity index (χ0n) is 16.3. The van der Waals surface area contributed by atoms with Crippen LogP contribution >= 0.6 is 0 Å². The number of methoxy groups -OCH3 is 2. The molecular weight excluding hydrogens is 402 g/mol. The predicted molar refractivity (Wildman–Crippen MR) is 98.2 cm³/mol. The van der Waals surface area contributed by atoms with Gasteiger partial charge in [0.25, 0.3) is 0 Å². The number of halogens is 2. The molecule has 160 valence electrons. The largest absolute Gasteiger partial charge is 0.469 e. The molecule has 0 bridgehead atoms. The number of aromatic nitrogens is 2. The fourth-order valence-electron chi connectivity index (χ4n) is 3.35. The van der Waals surface area contributed by atoms with Crippen LogP contribution in [0.4, 0.5) is 13.6 Å². The first-order valence-electron chi connectivity index (χ1n) is 9.04. The lowest BCUT2D eigenvalue weighted by atomic mass is 9.95. The molecule has 1 aliphatic heterocycles. The van der Waals surface area contributed by atoms with Crippen molar-refractivity contribution in [1.82, 2.24) is 20.2 Å². The smallest absolute Gasteiger partial charge is 0.329 e. The number of nitrogens with zero attached hydrogens (tertiary/aromatic N) is 2. The zero-order valence-corrected chi connectivity index (χ0v) is 16.3. The standard InChI is InChI=1S/C19H20F2N4O5/c1-29-15(26)8-14(18(27)30-2)24-19(28)25-6-5-13-16(23-9-22-13)17(25)11-7-10(20)3-4-12(11)21/h3-4,7,9,14,17H,5-6,8H2,1-2H3,(H,22,23)(H,24,28)/t14-,17+/m0/s1. The van der Waals surface area contributed by atoms with Crippen LogP contribution in [0.15, 0.2) is 24.5 Å². The molecule has 2 amide bonds. The average molecular weight is 422 g/mol. The molecule has 0 fully saturated rings. The van der Waals surface area contributed by atoms with Crippen molar-refractivity contribution in [2.24, 2.45) is 0 Å². The average Bonchev–Trinajstić information content (AvgIpc) is 3.22. The van der Waals surface area contributed by atoms with Crippen LogP contribution in [-0.4, -0.2) is 59.6 Å². The van der Waals surface area contributed by atoms with Gasteiger partial charge in [0.05, 0.1) is 32.7 Å². The Morgan fingerprint density at radius 2 is 2.07 bits per heavy atom. The number of nitrogens with one attached hydrogen (secondary N) is 2. The van der Waals surface area contributed by atoms with Gasteiger partial charge in [-0.05, 0) is 18.2 Å². The number of amides is 2. The number of aromatic amines is 1. The minimum absolute atomic E-state index is 0.0826. The fraction of sp³-hybridized carbons (Fsp3) is 0.368. The molecule has 3 rings (SSSR count). The van der Waals surface area contributed by atoms with E-state index in [-0.39, 0.29) is 12.1 Å². The summed E-state index contributed by atoms with van der Waals surface area (Å²) in [5.74, 6) is -2.96. The van der Waals surface area contributed by atoms with E-state index in [1.165, 1.54) is 11.2 Å². The summed E-state index contributed by atoms with van der Waals surface area (Å²) in [5.41, 5.74) is 0.969. The van der Waals surface area contributed by atoms with E-state index in [2.05, 4.69) is 24.8 Å². The van der Waals surface area contributed by atoms with Gasteiger partial charge in [-0.1, -0.05) is 0 Å². The van der Waals surface area contributed by atoms with Crippen LogP contribution in [0.2, 0.25) is 0 Å². The maximum absolute atomic E-state index is 14.6. The maximum atomic E-state index is 14.6. The number of hydrogen-bond acceptors (Lipinski definition) is 6. The second-order valence-corrected chi connectivity index (χ2v) is 6.58. The quantitative estimate of drug-likeness (QED) is 0.705. The maximum Gasteiger partial charge on any atom is 0.329 e. The molecular formula is C19H20F2N4O5. The summed E-state index contributed by atoms with van der Waals surface area (Å²) in [6, 6.07) is -0.175. The van der Waals surface area contributed by atoms with Crippen molar-refractivity contribution in [3.63, 3.8) is 0 Å². The third kappa shape index (κ3) is 4.24. The number of carbonyl (C=O) groups excluding carboxylic acids is 3. The van der Waals surface area contributed by atoms with Crippen molar-refractivity contribution in [3.05, 3.63) is 53.1 Å². The Balaban J connectivity index is 1.94. The number of hydrogen-bond donors (Lipinski definition) is 2. The summed E-state index contributed by atoms with van der Waals surface area (Å²) in [6.07, 6.45) is 1.34. The summed E-state index contributed by atoms with van der Waals surface area (Å²) in [5, 5.41) is 2.42. The first-order valence-corrected chi connectivity index (χ1v) is 9.04. The van der Waals surface area contributed by atoms with E-state index in [1.807, 2.05) is 0 Å². The Morgan fingerprint density at radius 1 is 1.30 bits per heavy atom. The van der Waals surface area contributed by atoms with Crippen LogP contribution in [-0.2, 0) is 25.5 Å². The number of imidazole rings is 1. The van der Waals surface area contributed by atoms with Crippen molar-refractivity contribution in [3.8, 4) is 0 Å². The lowest BCUT2D eigenvalue weighted by Crippen LogP contribution is -2.52. The van der Waals surface area contributed by atoms with Gasteiger partial charge >= 0.3 is 18.0 Å². The van der Waals surface area contributed by atoms with Gasteiger partial charge in [-0.3, -0.25) is 4.79 Å². The highest BCUT2D eigenvalue weighted by Crippen LogP contribution is 2.35. The fourth-order valence-corrected chi connectivity index (χ4v) is 3.35. The molecule has 0 saturated carbocycles. The second-order valence-electron chi connectivity index (χ2n) is 6.58. The van der Waals surface area contributed by atoms with Crippen molar-refractivity contribution < 1.29 is 32.6 Å². The minimum atomic E-state index is -1.31. The summed E-state index contributed by atoms with van der Waals surface area (Å²) in [6.45, 7) is 0.133. The monoisotopic (exact) mass is 422 g/mol.